The number of carbonyl (C=O) groups excluding carboxylic acids is 2. The molecule has 0 aromatic heterocycles. The first-order valence-corrected chi connectivity index (χ1v) is 6.74. The van der Waals surface area contributed by atoms with Crippen LogP contribution in [0.4, 0.5) is 4.79 Å². The van der Waals surface area contributed by atoms with Crippen LogP contribution in [0.3, 0.4) is 0 Å². The molecule has 5 heteroatoms. The third-order valence-electron chi connectivity index (χ3n) is 3.02. The number of piperidine rings is 1. The van der Waals surface area contributed by atoms with Crippen LogP contribution >= 0.6 is 0 Å². The highest BCUT2D eigenvalue weighted by Crippen LogP contribution is 2.11. The Morgan fingerprint density at radius 1 is 1.33 bits per heavy atom. The minimum Gasteiger partial charge on any atom is -0.449 e. The Kier molecular flexibility index (Phi) is 5.95. The summed E-state index contributed by atoms with van der Waals surface area (Å²) in [6.07, 6.45) is 1.82. The molecule has 0 spiro atoms. The van der Waals surface area contributed by atoms with Gasteiger partial charge < -0.3 is 15.0 Å². The standard InChI is InChI=1S/C13H24N2O3/c1-4-12(16)15-7-5-11(6-8-15)14-13(17)18-9-10(2)3/h10-11H,4-9H2,1-3H3,(H,14,17). The number of nitrogens with zero attached hydrogens (tertiary/aromatic N) is 1. The van der Waals surface area contributed by atoms with E-state index in [2.05, 4.69) is 5.32 Å². The molecule has 104 valence electrons. The second kappa shape index (κ2) is 7.24. The Morgan fingerprint density at radius 3 is 2.44 bits per heavy atom. The molecule has 1 rings (SSSR count). The van der Waals surface area contributed by atoms with Gasteiger partial charge in [-0.25, -0.2) is 4.79 Å². The van der Waals surface area contributed by atoms with Gasteiger partial charge in [0.25, 0.3) is 0 Å². The Hall–Kier alpha value is -1.26. The van der Waals surface area contributed by atoms with Crippen LogP contribution in [0.5, 0.6) is 0 Å². The molecule has 0 unspecified atom stereocenters. The Bertz CT molecular complexity index is 284. The first-order valence-electron chi connectivity index (χ1n) is 6.74. The first-order chi connectivity index (χ1) is 8.52. The zero-order valence-corrected chi connectivity index (χ0v) is 11.6. The largest absolute Gasteiger partial charge is 0.449 e. The molecule has 0 bridgehead atoms. The zero-order chi connectivity index (χ0) is 13.5. The second-order valence-corrected chi connectivity index (χ2v) is 5.15. The molecular weight excluding hydrogens is 232 g/mol. The van der Waals surface area contributed by atoms with E-state index in [4.69, 9.17) is 4.74 Å². The van der Waals surface area contributed by atoms with E-state index in [1.54, 1.807) is 0 Å². The number of nitrogens with one attached hydrogen (secondary N) is 1. The van der Waals surface area contributed by atoms with Gasteiger partial charge in [0.15, 0.2) is 0 Å². The van der Waals surface area contributed by atoms with Crippen molar-refractivity contribution in [2.24, 2.45) is 5.92 Å². The maximum atomic E-state index is 11.5. The normalized spacial score (nSPS) is 16.8. The van der Waals surface area contributed by atoms with Crippen LogP contribution in [0.15, 0.2) is 0 Å². The van der Waals surface area contributed by atoms with Crippen LogP contribution in [0.1, 0.15) is 40.0 Å². The summed E-state index contributed by atoms with van der Waals surface area (Å²) in [6, 6.07) is 0.130. The summed E-state index contributed by atoms with van der Waals surface area (Å²) in [5, 5.41) is 2.85. The maximum Gasteiger partial charge on any atom is 0.407 e. The summed E-state index contributed by atoms with van der Waals surface area (Å²) in [5.41, 5.74) is 0. The lowest BCUT2D eigenvalue weighted by atomic mass is 10.1. The van der Waals surface area contributed by atoms with Crippen molar-refractivity contribution in [2.45, 2.75) is 46.1 Å². The van der Waals surface area contributed by atoms with E-state index in [0.717, 1.165) is 25.9 Å². The van der Waals surface area contributed by atoms with Crippen molar-refractivity contribution in [3.63, 3.8) is 0 Å². The highest BCUT2D eigenvalue weighted by molar-refractivity contribution is 5.76. The number of hydrogen-bond acceptors (Lipinski definition) is 3. The number of ether oxygens (including phenoxy) is 1. The smallest absolute Gasteiger partial charge is 0.407 e. The van der Waals surface area contributed by atoms with Crippen LogP contribution in [-0.4, -0.2) is 42.6 Å². The number of likely N-dealkylation sites (tertiary alicyclic amines) is 1. The predicted molar refractivity (Wildman–Crippen MR) is 69.2 cm³/mol. The minimum absolute atomic E-state index is 0.130. The van der Waals surface area contributed by atoms with E-state index in [0.29, 0.717) is 18.9 Å². The SMILES string of the molecule is CCC(=O)N1CCC(NC(=O)OCC(C)C)CC1. The molecule has 0 aliphatic carbocycles. The summed E-state index contributed by atoms with van der Waals surface area (Å²) in [6.45, 7) is 7.77. The number of alkyl carbamates (subject to hydrolysis) is 1. The zero-order valence-electron chi connectivity index (χ0n) is 11.6. The van der Waals surface area contributed by atoms with Gasteiger partial charge in [0.05, 0.1) is 6.61 Å². The summed E-state index contributed by atoms with van der Waals surface area (Å²) < 4.78 is 5.07. The molecule has 1 heterocycles. The Morgan fingerprint density at radius 2 is 1.94 bits per heavy atom. The fourth-order valence-corrected chi connectivity index (χ4v) is 1.95. The number of carbonyl (C=O) groups is 2. The fourth-order valence-electron chi connectivity index (χ4n) is 1.95. The van der Waals surface area contributed by atoms with Gasteiger partial charge in [-0.2, -0.15) is 0 Å². The molecule has 5 nitrogen and oxygen atoms in total. The summed E-state index contributed by atoms with van der Waals surface area (Å²) in [4.78, 5) is 24.8. The summed E-state index contributed by atoms with van der Waals surface area (Å²) >= 11 is 0. The minimum atomic E-state index is -0.344. The average molecular weight is 256 g/mol. The third-order valence-corrected chi connectivity index (χ3v) is 3.02. The lowest BCUT2D eigenvalue weighted by Crippen LogP contribution is -2.46. The van der Waals surface area contributed by atoms with E-state index in [9.17, 15) is 9.59 Å². The van der Waals surface area contributed by atoms with Crippen molar-refractivity contribution in [3.05, 3.63) is 0 Å². The molecule has 2 amide bonds. The predicted octanol–water partition coefficient (Wildman–Crippen LogP) is 1.77. The van der Waals surface area contributed by atoms with Crippen molar-refractivity contribution < 1.29 is 14.3 Å². The monoisotopic (exact) mass is 256 g/mol. The molecule has 1 saturated heterocycles. The van der Waals surface area contributed by atoms with Gasteiger partial charge in [-0.3, -0.25) is 4.79 Å². The third kappa shape index (κ3) is 4.94. The van der Waals surface area contributed by atoms with Crippen LogP contribution in [-0.2, 0) is 9.53 Å². The second-order valence-electron chi connectivity index (χ2n) is 5.15. The van der Waals surface area contributed by atoms with E-state index in [-0.39, 0.29) is 18.0 Å². The molecule has 0 atom stereocenters. The van der Waals surface area contributed by atoms with Crippen molar-refractivity contribution in [1.82, 2.24) is 10.2 Å². The van der Waals surface area contributed by atoms with Gasteiger partial charge in [-0.15, -0.1) is 0 Å². The van der Waals surface area contributed by atoms with Gasteiger partial charge in [-0.1, -0.05) is 20.8 Å². The molecule has 0 radical (unpaired) electrons. The van der Waals surface area contributed by atoms with E-state index >= 15 is 0 Å². The van der Waals surface area contributed by atoms with E-state index < -0.39 is 0 Å². The Balaban J connectivity index is 2.23. The van der Waals surface area contributed by atoms with E-state index in [1.165, 1.54) is 0 Å². The van der Waals surface area contributed by atoms with Crippen molar-refractivity contribution in [3.8, 4) is 0 Å². The van der Waals surface area contributed by atoms with Crippen molar-refractivity contribution in [2.75, 3.05) is 19.7 Å². The Labute approximate surface area is 109 Å². The molecule has 1 aliphatic rings. The maximum absolute atomic E-state index is 11.5. The van der Waals surface area contributed by atoms with Crippen molar-refractivity contribution >= 4 is 12.0 Å². The topological polar surface area (TPSA) is 58.6 Å². The molecule has 1 fully saturated rings. The first kappa shape index (κ1) is 14.8. The number of amides is 2. The molecular formula is C13H24N2O3. The van der Waals surface area contributed by atoms with Crippen LogP contribution in [0.2, 0.25) is 0 Å². The van der Waals surface area contributed by atoms with Gasteiger partial charge in [0.1, 0.15) is 0 Å². The molecule has 0 aromatic rings. The molecule has 0 saturated carbocycles. The highest BCUT2D eigenvalue weighted by Gasteiger charge is 2.23. The molecule has 0 aromatic carbocycles. The van der Waals surface area contributed by atoms with Crippen LogP contribution in [0.25, 0.3) is 0 Å². The quantitative estimate of drug-likeness (QED) is 0.834. The summed E-state index contributed by atoms with van der Waals surface area (Å²) in [7, 11) is 0. The van der Waals surface area contributed by atoms with Crippen molar-refractivity contribution in [1.29, 1.82) is 0 Å². The highest BCUT2D eigenvalue weighted by atomic mass is 16.5. The average Bonchev–Trinajstić information content (AvgIpc) is 2.36. The molecule has 18 heavy (non-hydrogen) atoms. The van der Waals surface area contributed by atoms with Gasteiger partial charge >= 0.3 is 6.09 Å². The number of rotatable bonds is 4. The fraction of sp³-hybridized carbons (Fsp3) is 0.846. The number of hydrogen-bond donors (Lipinski definition) is 1. The van der Waals surface area contributed by atoms with Gasteiger partial charge in [0, 0.05) is 25.6 Å². The van der Waals surface area contributed by atoms with Crippen LogP contribution < -0.4 is 5.32 Å². The van der Waals surface area contributed by atoms with Crippen LogP contribution in [0, 0.1) is 5.92 Å². The lowest BCUT2D eigenvalue weighted by Gasteiger charge is -2.32. The van der Waals surface area contributed by atoms with Gasteiger partial charge in [-0.05, 0) is 18.8 Å². The molecule has 1 N–H and O–H groups in total. The van der Waals surface area contributed by atoms with Gasteiger partial charge in [0.2, 0.25) is 5.91 Å². The lowest BCUT2D eigenvalue weighted by molar-refractivity contribution is -0.131. The molecule has 1 aliphatic heterocycles. The van der Waals surface area contributed by atoms with E-state index in [1.807, 2.05) is 25.7 Å². The summed E-state index contributed by atoms with van der Waals surface area (Å²) in [5.74, 6) is 0.538.